The molecule has 0 radical (unpaired) electrons. The molecule has 5 nitrogen and oxygen atoms in total. The minimum absolute atomic E-state index is 0.00730. The topological polar surface area (TPSA) is 59.5 Å². The lowest BCUT2D eigenvalue weighted by molar-refractivity contribution is 0.108. The summed E-state index contributed by atoms with van der Waals surface area (Å²) in [6.45, 7) is 5.92. The van der Waals surface area contributed by atoms with Crippen molar-refractivity contribution < 1.29 is 13.2 Å². The predicted octanol–water partition coefficient (Wildman–Crippen LogP) is 1.58. The summed E-state index contributed by atoms with van der Waals surface area (Å²) in [7, 11) is -3.70. The number of aromatic nitrogens is 1. The Kier molecular flexibility index (Phi) is 3.72. The van der Waals surface area contributed by atoms with Crippen molar-refractivity contribution in [2.24, 2.45) is 0 Å². The summed E-state index contributed by atoms with van der Waals surface area (Å²) in [5.41, 5.74) is 0.664. The number of rotatable bonds is 3. The summed E-state index contributed by atoms with van der Waals surface area (Å²) in [5, 5.41) is -0.0234. The third-order valence-electron chi connectivity index (χ3n) is 2.63. The van der Waals surface area contributed by atoms with Gasteiger partial charge in [0.05, 0.1) is 6.61 Å². The van der Waals surface area contributed by atoms with Crippen molar-refractivity contribution in [2.45, 2.75) is 18.0 Å². The molecule has 1 atom stereocenters. The van der Waals surface area contributed by atoms with E-state index in [0.717, 1.165) is 0 Å². The molecule has 2 heterocycles. The molecule has 2 rings (SSSR count). The van der Waals surface area contributed by atoms with Gasteiger partial charge in [-0.05, 0) is 25.1 Å². The van der Waals surface area contributed by atoms with Gasteiger partial charge in [0.1, 0.15) is 16.3 Å². The number of ether oxygens (including phenoxy) is 1. The average molecular weight is 289 g/mol. The molecule has 1 unspecified atom stereocenters. The van der Waals surface area contributed by atoms with Gasteiger partial charge in [-0.1, -0.05) is 18.2 Å². The molecule has 7 heteroatoms. The van der Waals surface area contributed by atoms with Crippen LogP contribution in [0.25, 0.3) is 0 Å². The zero-order valence-electron chi connectivity index (χ0n) is 9.84. The van der Waals surface area contributed by atoms with E-state index >= 15 is 0 Å². The van der Waals surface area contributed by atoms with Crippen molar-refractivity contribution >= 4 is 21.6 Å². The fraction of sp³-hybridized carbons (Fsp3) is 0.364. The molecule has 0 aromatic carbocycles. The fourth-order valence-electron chi connectivity index (χ4n) is 1.75. The van der Waals surface area contributed by atoms with Crippen molar-refractivity contribution in [1.82, 2.24) is 9.29 Å². The first kappa shape index (κ1) is 13.5. The highest BCUT2D eigenvalue weighted by Crippen LogP contribution is 2.27. The molecule has 0 saturated carbocycles. The number of nitrogens with zero attached hydrogens (tertiary/aromatic N) is 2. The van der Waals surface area contributed by atoms with Crippen LogP contribution in [0.15, 0.2) is 29.7 Å². The van der Waals surface area contributed by atoms with Gasteiger partial charge >= 0.3 is 0 Å². The maximum absolute atomic E-state index is 12.4. The van der Waals surface area contributed by atoms with Gasteiger partial charge in [0.2, 0.25) is 10.0 Å². The van der Waals surface area contributed by atoms with Crippen molar-refractivity contribution in [2.75, 3.05) is 13.2 Å². The molecular formula is C11H13ClN2O3S. The first-order valence-electron chi connectivity index (χ1n) is 5.36. The van der Waals surface area contributed by atoms with Gasteiger partial charge in [-0.2, -0.15) is 4.31 Å². The van der Waals surface area contributed by atoms with Gasteiger partial charge in [0.25, 0.3) is 0 Å². The molecule has 18 heavy (non-hydrogen) atoms. The minimum atomic E-state index is -3.70. The lowest BCUT2D eigenvalue weighted by Gasteiger charge is -2.20. The van der Waals surface area contributed by atoms with Crippen molar-refractivity contribution in [3.8, 4) is 0 Å². The van der Waals surface area contributed by atoms with Crippen LogP contribution >= 0.6 is 11.6 Å². The maximum atomic E-state index is 12.4. The normalized spacial score (nSPS) is 21.1. The Morgan fingerprint density at radius 2 is 2.33 bits per heavy atom. The summed E-state index contributed by atoms with van der Waals surface area (Å²) in [4.78, 5) is 3.95. The fourth-order valence-corrected chi connectivity index (χ4v) is 3.72. The Hall–Kier alpha value is -0.950. The van der Waals surface area contributed by atoms with Crippen LogP contribution < -0.4 is 0 Å². The molecule has 1 fully saturated rings. The summed E-state index contributed by atoms with van der Waals surface area (Å²) < 4.78 is 31.3. The van der Waals surface area contributed by atoms with Crippen LogP contribution in [0.2, 0.25) is 5.15 Å². The van der Waals surface area contributed by atoms with E-state index in [1.54, 1.807) is 13.0 Å². The van der Waals surface area contributed by atoms with Gasteiger partial charge in [-0.3, -0.25) is 0 Å². The van der Waals surface area contributed by atoms with Gasteiger partial charge < -0.3 is 4.74 Å². The molecule has 1 aromatic heterocycles. The van der Waals surface area contributed by atoms with Crippen molar-refractivity contribution in [3.63, 3.8) is 0 Å². The van der Waals surface area contributed by atoms with Gasteiger partial charge in [-0.25, -0.2) is 13.4 Å². The third-order valence-corrected chi connectivity index (χ3v) is 4.92. The van der Waals surface area contributed by atoms with Crippen LogP contribution in [0.3, 0.4) is 0 Å². The number of sulfonamides is 1. The molecule has 0 aliphatic carbocycles. The van der Waals surface area contributed by atoms with E-state index in [-0.39, 0.29) is 16.6 Å². The van der Waals surface area contributed by atoms with Gasteiger partial charge in [0, 0.05) is 12.2 Å². The predicted molar refractivity (Wildman–Crippen MR) is 67.8 cm³/mol. The zero-order valence-corrected chi connectivity index (χ0v) is 11.4. The third kappa shape index (κ3) is 2.29. The zero-order chi connectivity index (χ0) is 13.3. The first-order chi connectivity index (χ1) is 8.46. The largest absolute Gasteiger partial charge is 0.357 e. The number of hydrogen-bond acceptors (Lipinski definition) is 4. The van der Waals surface area contributed by atoms with E-state index in [9.17, 15) is 8.42 Å². The van der Waals surface area contributed by atoms with Crippen LogP contribution in [0.1, 0.15) is 5.69 Å². The van der Waals surface area contributed by atoms with E-state index in [0.29, 0.717) is 12.3 Å². The monoisotopic (exact) mass is 288 g/mol. The van der Waals surface area contributed by atoms with Crippen LogP contribution in [0, 0.1) is 6.92 Å². The highest BCUT2D eigenvalue weighted by atomic mass is 35.5. The summed E-state index contributed by atoms with van der Waals surface area (Å²) in [6.07, 6.45) is 0.799. The van der Waals surface area contributed by atoms with Gasteiger partial charge in [-0.15, -0.1) is 0 Å². The molecule has 0 amide bonds. The maximum Gasteiger partial charge on any atom is 0.248 e. The molecule has 0 N–H and O–H groups in total. The highest BCUT2D eigenvalue weighted by molar-refractivity contribution is 7.89. The van der Waals surface area contributed by atoms with E-state index < -0.39 is 16.3 Å². The Labute approximate surface area is 111 Å². The van der Waals surface area contributed by atoms with Crippen LogP contribution in [-0.4, -0.2) is 37.1 Å². The Morgan fingerprint density at radius 3 is 2.94 bits per heavy atom. The van der Waals surface area contributed by atoms with E-state index in [4.69, 9.17) is 16.3 Å². The Balaban J connectivity index is 2.45. The second-order valence-electron chi connectivity index (χ2n) is 3.85. The SMILES string of the molecule is C=CC1OCCN1S(=O)(=O)c1ccc(C)nc1Cl. The molecule has 1 saturated heterocycles. The molecule has 1 aliphatic heterocycles. The molecule has 0 bridgehead atoms. The van der Waals surface area contributed by atoms with Crippen LogP contribution in [0.5, 0.6) is 0 Å². The Morgan fingerprint density at radius 1 is 1.61 bits per heavy atom. The number of hydrogen-bond donors (Lipinski definition) is 0. The summed E-state index contributed by atoms with van der Waals surface area (Å²) >= 11 is 5.90. The first-order valence-corrected chi connectivity index (χ1v) is 7.18. The second-order valence-corrected chi connectivity index (χ2v) is 6.07. The van der Waals surface area contributed by atoms with E-state index in [1.165, 1.54) is 16.4 Å². The van der Waals surface area contributed by atoms with E-state index in [1.807, 2.05) is 0 Å². The standard InChI is InChI=1S/C11H13ClN2O3S/c1-3-10-14(6-7-17-10)18(15,16)9-5-4-8(2)13-11(9)12/h3-5,10H,1,6-7H2,2H3. The second kappa shape index (κ2) is 4.97. The number of pyridine rings is 1. The number of halogens is 1. The van der Waals surface area contributed by atoms with Crippen molar-refractivity contribution in [1.29, 1.82) is 0 Å². The average Bonchev–Trinajstić information content (AvgIpc) is 2.76. The molecule has 0 spiro atoms. The molecule has 98 valence electrons. The highest BCUT2D eigenvalue weighted by Gasteiger charge is 2.36. The van der Waals surface area contributed by atoms with Crippen LogP contribution in [-0.2, 0) is 14.8 Å². The van der Waals surface area contributed by atoms with Crippen LogP contribution in [0.4, 0.5) is 0 Å². The summed E-state index contributed by atoms with van der Waals surface area (Å²) in [5.74, 6) is 0. The molecule has 1 aliphatic rings. The molecule has 1 aromatic rings. The van der Waals surface area contributed by atoms with E-state index in [2.05, 4.69) is 11.6 Å². The number of aryl methyl sites for hydroxylation is 1. The van der Waals surface area contributed by atoms with Gasteiger partial charge in [0.15, 0.2) is 0 Å². The smallest absolute Gasteiger partial charge is 0.248 e. The summed E-state index contributed by atoms with van der Waals surface area (Å²) in [6, 6.07) is 3.07. The Bertz CT molecular complexity index is 574. The molecular weight excluding hydrogens is 276 g/mol. The lowest BCUT2D eigenvalue weighted by Crippen LogP contribution is -2.35. The quantitative estimate of drug-likeness (QED) is 0.626. The van der Waals surface area contributed by atoms with Crippen molar-refractivity contribution in [3.05, 3.63) is 35.6 Å². The minimum Gasteiger partial charge on any atom is -0.357 e. The lowest BCUT2D eigenvalue weighted by atomic mass is 10.4.